The van der Waals surface area contributed by atoms with Crippen molar-refractivity contribution < 1.29 is 28.0 Å². The van der Waals surface area contributed by atoms with Gasteiger partial charge in [0.25, 0.3) is 5.91 Å². The minimum atomic E-state index is -4.43. The molecule has 0 aromatic heterocycles. The van der Waals surface area contributed by atoms with Gasteiger partial charge in [-0.25, -0.2) is 5.48 Å². The van der Waals surface area contributed by atoms with Gasteiger partial charge in [0.2, 0.25) is 5.91 Å². The normalized spacial score (nSPS) is 21.3. The summed E-state index contributed by atoms with van der Waals surface area (Å²) in [4.78, 5) is 26.6. The lowest BCUT2D eigenvalue weighted by molar-refractivity contribution is -0.137. The Kier molecular flexibility index (Phi) is 4.19. The lowest BCUT2D eigenvalue weighted by atomic mass is 9.83. The first kappa shape index (κ1) is 18.5. The summed E-state index contributed by atoms with van der Waals surface area (Å²) in [6, 6.07) is 9.72. The fraction of sp³-hybridized carbons (Fsp3) is 0.300. The molecular weight excluding hydrogens is 373 g/mol. The highest BCUT2D eigenvalue weighted by atomic mass is 19.4. The summed E-state index contributed by atoms with van der Waals surface area (Å²) in [6.45, 7) is 0.402. The topological polar surface area (TPSA) is 69.6 Å². The molecule has 146 valence electrons. The lowest BCUT2D eigenvalue weighted by Gasteiger charge is -2.23. The van der Waals surface area contributed by atoms with Crippen LogP contribution in [0.3, 0.4) is 0 Å². The second-order valence-electron chi connectivity index (χ2n) is 7.27. The molecule has 2 aliphatic rings. The van der Waals surface area contributed by atoms with Crippen molar-refractivity contribution in [2.45, 2.75) is 25.4 Å². The summed E-state index contributed by atoms with van der Waals surface area (Å²) in [5, 5.41) is 8.94. The van der Waals surface area contributed by atoms with Crippen LogP contribution in [0, 0.1) is 5.41 Å². The van der Waals surface area contributed by atoms with Crippen molar-refractivity contribution in [3.05, 3.63) is 64.7 Å². The highest BCUT2D eigenvalue weighted by molar-refractivity contribution is 6.02. The van der Waals surface area contributed by atoms with E-state index >= 15 is 0 Å². The van der Waals surface area contributed by atoms with Crippen LogP contribution in [0.4, 0.5) is 18.9 Å². The van der Waals surface area contributed by atoms with Gasteiger partial charge in [-0.15, -0.1) is 0 Å². The first-order valence-corrected chi connectivity index (χ1v) is 8.80. The van der Waals surface area contributed by atoms with E-state index < -0.39 is 23.1 Å². The van der Waals surface area contributed by atoms with E-state index in [1.165, 1.54) is 17.0 Å². The van der Waals surface area contributed by atoms with Gasteiger partial charge in [0.05, 0.1) is 11.0 Å². The molecule has 2 aromatic rings. The number of rotatable bonds is 2. The van der Waals surface area contributed by atoms with Crippen molar-refractivity contribution in [1.82, 2.24) is 5.48 Å². The van der Waals surface area contributed by atoms with Crippen molar-refractivity contribution in [3.8, 4) is 0 Å². The van der Waals surface area contributed by atoms with E-state index in [0.29, 0.717) is 37.1 Å². The molecule has 8 heteroatoms. The van der Waals surface area contributed by atoms with Crippen LogP contribution in [0.15, 0.2) is 42.5 Å². The molecule has 2 N–H and O–H groups in total. The van der Waals surface area contributed by atoms with Gasteiger partial charge in [-0.05, 0) is 60.7 Å². The average Bonchev–Trinajstić information content (AvgIpc) is 3.21. The SMILES string of the molecule is O=C(NO)c1cccc2c1CC1(CCN(c3ccc(C(F)(F)F)cc3)C1=O)C2. The fourth-order valence-corrected chi connectivity index (χ4v) is 4.27. The molecule has 1 aliphatic carbocycles. The predicted octanol–water partition coefficient (Wildman–Crippen LogP) is 3.35. The van der Waals surface area contributed by atoms with Crippen molar-refractivity contribution in [3.63, 3.8) is 0 Å². The Morgan fingerprint density at radius 1 is 1.11 bits per heavy atom. The predicted molar refractivity (Wildman–Crippen MR) is 93.9 cm³/mol. The number of carbonyl (C=O) groups excluding carboxylic acids is 2. The third-order valence-corrected chi connectivity index (χ3v) is 5.68. The van der Waals surface area contributed by atoms with Gasteiger partial charge in [0.15, 0.2) is 0 Å². The zero-order chi connectivity index (χ0) is 20.1. The number of amides is 2. The number of nitrogens with one attached hydrogen (secondary N) is 1. The number of benzene rings is 2. The molecule has 2 amide bonds. The average molecular weight is 390 g/mol. The Morgan fingerprint density at radius 2 is 1.82 bits per heavy atom. The quantitative estimate of drug-likeness (QED) is 0.610. The lowest BCUT2D eigenvalue weighted by Crippen LogP contribution is -2.35. The summed E-state index contributed by atoms with van der Waals surface area (Å²) in [5.41, 5.74) is 2.53. The Labute approximate surface area is 158 Å². The maximum absolute atomic E-state index is 13.2. The molecule has 1 atom stereocenters. The van der Waals surface area contributed by atoms with Crippen LogP contribution in [-0.4, -0.2) is 23.6 Å². The number of carbonyl (C=O) groups is 2. The number of hydrogen-bond acceptors (Lipinski definition) is 3. The fourth-order valence-electron chi connectivity index (χ4n) is 4.27. The zero-order valence-electron chi connectivity index (χ0n) is 14.7. The van der Waals surface area contributed by atoms with E-state index in [1.807, 2.05) is 6.07 Å². The molecule has 1 saturated heterocycles. The molecule has 28 heavy (non-hydrogen) atoms. The Morgan fingerprint density at radius 3 is 2.46 bits per heavy atom. The van der Waals surface area contributed by atoms with Crippen molar-refractivity contribution in [2.75, 3.05) is 11.4 Å². The molecule has 4 rings (SSSR count). The van der Waals surface area contributed by atoms with Crippen LogP contribution in [0.2, 0.25) is 0 Å². The molecule has 0 bridgehead atoms. The minimum absolute atomic E-state index is 0.154. The highest BCUT2D eigenvalue weighted by Gasteiger charge is 2.51. The monoisotopic (exact) mass is 390 g/mol. The van der Waals surface area contributed by atoms with Crippen molar-refractivity contribution in [1.29, 1.82) is 0 Å². The van der Waals surface area contributed by atoms with E-state index in [1.54, 1.807) is 17.6 Å². The Bertz CT molecular complexity index is 956. The molecule has 1 heterocycles. The standard InChI is InChI=1S/C20H17F3N2O3/c21-20(22,23)13-4-6-14(7-5-13)25-9-8-19(18(25)27)10-12-2-1-3-15(16(12)11-19)17(26)24-28/h1-7,28H,8-11H2,(H,24,26). The highest BCUT2D eigenvalue weighted by Crippen LogP contribution is 2.47. The van der Waals surface area contributed by atoms with E-state index in [-0.39, 0.29) is 5.91 Å². The molecule has 1 spiro atoms. The summed E-state index contributed by atoms with van der Waals surface area (Å²) < 4.78 is 38.3. The number of fused-ring (bicyclic) bond motifs is 1. The largest absolute Gasteiger partial charge is 0.416 e. The first-order valence-electron chi connectivity index (χ1n) is 8.80. The first-order chi connectivity index (χ1) is 13.2. The summed E-state index contributed by atoms with van der Waals surface area (Å²) >= 11 is 0. The van der Waals surface area contributed by atoms with Crippen molar-refractivity contribution >= 4 is 17.5 Å². The van der Waals surface area contributed by atoms with E-state index in [2.05, 4.69) is 0 Å². The molecule has 0 saturated carbocycles. The molecule has 1 fully saturated rings. The van der Waals surface area contributed by atoms with Gasteiger partial charge < -0.3 is 4.90 Å². The summed E-state index contributed by atoms with van der Waals surface area (Å²) in [5.74, 6) is -0.780. The molecule has 2 aromatic carbocycles. The molecule has 1 aliphatic heterocycles. The Balaban J connectivity index is 1.61. The number of anilines is 1. The van der Waals surface area contributed by atoms with Gasteiger partial charge in [-0.2, -0.15) is 13.2 Å². The second kappa shape index (κ2) is 6.34. The van der Waals surface area contributed by atoms with Crippen LogP contribution in [-0.2, 0) is 23.8 Å². The van der Waals surface area contributed by atoms with Crippen LogP contribution >= 0.6 is 0 Å². The molecule has 1 unspecified atom stereocenters. The summed E-state index contributed by atoms with van der Waals surface area (Å²) in [6.07, 6.45) is -3.06. The third-order valence-electron chi connectivity index (χ3n) is 5.68. The van der Waals surface area contributed by atoms with Crippen LogP contribution in [0.1, 0.15) is 33.5 Å². The smallest absolute Gasteiger partial charge is 0.312 e. The van der Waals surface area contributed by atoms with E-state index in [9.17, 15) is 22.8 Å². The van der Waals surface area contributed by atoms with E-state index in [0.717, 1.165) is 23.3 Å². The maximum Gasteiger partial charge on any atom is 0.416 e. The Hall–Kier alpha value is -2.87. The van der Waals surface area contributed by atoms with Gasteiger partial charge in [-0.1, -0.05) is 12.1 Å². The summed E-state index contributed by atoms with van der Waals surface area (Å²) in [7, 11) is 0. The van der Waals surface area contributed by atoms with Gasteiger partial charge in [0.1, 0.15) is 0 Å². The zero-order valence-corrected chi connectivity index (χ0v) is 14.7. The minimum Gasteiger partial charge on any atom is -0.312 e. The number of hydroxylamine groups is 1. The molecular formula is C20H17F3N2O3. The molecule has 0 radical (unpaired) electrons. The van der Waals surface area contributed by atoms with Crippen LogP contribution in [0.25, 0.3) is 0 Å². The van der Waals surface area contributed by atoms with E-state index in [4.69, 9.17) is 5.21 Å². The third kappa shape index (κ3) is 2.84. The van der Waals surface area contributed by atoms with Gasteiger partial charge >= 0.3 is 6.18 Å². The molecule has 5 nitrogen and oxygen atoms in total. The van der Waals surface area contributed by atoms with Crippen LogP contribution in [0.5, 0.6) is 0 Å². The van der Waals surface area contributed by atoms with Gasteiger partial charge in [-0.3, -0.25) is 14.8 Å². The van der Waals surface area contributed by atoms with Crippen molar-refractivity contribution in [2.24, 2.45) is 5.41 Å². The van der Waals surface area contributed by atoms with Gasteiger partial charge in [0, 0.05) is 17.8 Å². The number of halogens is 3. The maximum atomic E-state index is 13.2. The number of nitrogens with zero attached hydrogens (tertiary/aromatic N) is 1. The number of hydrogen-bond donors (Lipinski definition) is 2. The number of alkyl halides is 3. The van der Waals surface area contributed by atoms with Crippen LogP contribution < -0.4 is 10.4 Å². The second-order valence-corrected chi connectivity index (χ2v) is 7.27.